The maximum Gasteiger partial charge on any atom is 0.347 e. The summed E-state index contributed by atoms with van der Waals surface area (Å²) in [6, 6.07) is 7.01. The molecular weight excluding hydrogens is 272 g/mol. The molecule has 0 radical (unpaired) electrons. The minimum absolute atomic E-state index is 0.308. The zero-order valence-corrected chi connectivity index (χ0v) is 11.7. The number of carbonyl (C=O) groups is 2. The Balaban J connectivity index is 1.66. The molecule has 0 bridgehead atoms. The molecule has 1 fully saturated rings. The van der Waals surface area contributed by atoms with E-state index in [4.69, 9.17) is 9.47 Å². The first-order chi connectivity index (χ1) is 10.1. The Morgan fingerprint density at radius 1 is 1.38 bits per heavy atom. The third-order valence-corrected chi connectivity index (χ3v) is 3.51. The van der Waals surface area contributed by atoms with Crippen molar-refractivity contribution in [2.24, 2.45) is 5.10 Å². The molecule has 2 heterocycles. The molecule has 1 aromatic carbocycles. The van der Waals surface area contributed by atoms with Gasteiger partial charge in [-0.15, -0.1) is 0 Å². The number of anilines is 1. The Labute approximate surface area is 122 Å². The van der Waals surface area contributed by atoms with Gasteiger partial charge < -0.3 is 9.47 Å². The van der Waals surface area contributed by atoms with Gasteiger partial charge in [-0.05, 0) is 31.2 Å². The number of hydrogen-bond donors (Lipinski definition) is 0. The van der Waals surface area contributed by atoms with E-state index in [0.29, 0.717) is 18.6 Å². The van der Waals surface area contributed by atoms with Crippen LogP contribution in [0.3, 0.4) is 0 Å². The summed E-state index contributed by atoms with van der Waals surface area (Å²) >= 11 is 0. The number of benzene rings is 1. The molecule has 3 rings (SSSR count). The van der Waals surface area contributed by atoms with E-state index in [0.717, 1.165) is 24.4 Å². The summed E-state index contributed by atoms with van der Waals surface area (Å²) in [5, 5.41) is 6.30. The molecule has 0 aliphatic carbocycles. The highest BCUT2D eigenvalue weighted by atomic mass is 16.6. The normalized spacial score (nSPS) is 21.2. The van der Waals surface area contributed by atoms with Gasteiger partial charge in [0.1, 0.15) is 0 Å². The highest BCUT2D eigenvalue weighted by Gasteiger charge is 2.30. The first-order valence-electron chi connectivity index (χ1n) is 6.93. The molecule has 6 heteroatoms. The average Bonchev–Trinajstić information content (AvgIpc) is 3.08. The van der Waals surface area contributed by atoms with E-state index in [1.165, 1.54) is 0 Å². The number of hydrazone groups is 1. The molecule has 1 atom stereocenters. The zero-order chi connectivity index (χ0) is 14.8. The number of rotatable bonds is 3. The van der Waals surface area contributed by atoms with Gasteiger partial charge >= 0.3 is 11.9 Å². The quantitative estimate of drug-likeness (QED) is 0.793. The van der Waals surface area contributed by atoms with Crippen molar-refractivity contribution in [2.45, 2.75) is 25.9 Å². The SMILES string of the molecule is CC1=NN(c2ccc(C(=O)OC3CCOC3=O)cc2)CC1. The maximum absolute atomic E-state index is 12.0. The summed E-state index contributed by atoms with van der Waals surface area (Å²) in [7, 11) is 0. The summed E-state index contributed by atoms with van der Waals surface area (Å²) in [6.45, 7) is 3.15. The van der Waals surface area contributed by atoms with Crippen molar-refractivity contribution in [1.82, 2.24) is 0 Å². The van der Waals surface area contributed by atoms with Crippen LogP contribution < -0.4 is 5.01 Å². The lowest BCUT2D eigenvalue weighted by molar-refractivity contribution is -0.145. The van der Waals surface area contributed by atoms with Crippen molar-refractivity contribution in [3.05, 3.63) is 29.8 Å². The largest absolute Gasteiger partial charge is 0.463 e. The molecule has 110 valence electrons. The van der Waals surface area contributed by atoms with E-state index < -0.39 is 18.0 Å². The van der Waals surface area contributed by atoms with Crippen LogP contribution in [0.2, 0.25) is 0 Å². The minimum atomic E-state index is -0.775. The Hall–Kier alpha value is -2.37. The molecule has 1 aromatic rings. The maximum atomic E-state index is 12.0. The molecule has 0 amide bonds. The summed E-state index contributed by atoms with van der Waals surface area (Å²) < 4.78 is 9.90. The van der Waals surface area contributed by atoms with Crippen LogP contribution in [0, 0.1) is 0 Å². The smallest absolute Gasteiger partial charge is 0.347 e. The fraction of sp³-hybridized carbons (Fsp3) is 0.400. The van der Waals surface area contributed by atoms with E-state index in [1.807, 2.05) is 24.1 Å². The van der Waals surface area contributed by atoms with Crippen molar-refractivity contribution in [2.75, 3.05) is 18.2 Å². The van der Waals surface area contributed by atoms with Crippen molar-refractivity contribution < 1.29 is 19.1 Å². The number of cyclic esters (lactones) is 1. The van der Waals surface area contributed by atoms with Gasteiger partial charge in [-0.3, -0.25) is 5.01 Å². The highest BCUT2D eigenvalue weighted by molar-refractivity contribution is 5.92. The van der Waals surface area contributed by atoms with E-state index in [9.17, 15) is 9.59 Å². The second-order valence-electron chi connectivity index (χ2n) is 5.11. The van der Waals surface area contributed by atoms with Gasteiger partial charge in [-0.25, -0.2) is 9.59 Å². The Morgan fingerprint density at radius 3 is 2.71 bits per heavy atom. The van der Waals surface area contributed by atoms with Gasteiger partial charge in [0, 0.05) is 25.1 Å². The average molecular weight is 288 g/mol. The van der Waals surface area contributed by atoms with Crippen LogP contribution in [0.25, 0.3) is 0 Å². The molecule has 0 saturated carbocycles. The van der Waals surface area contributed by atoms with Gasteiger partial charge in [-0.1, -0.05) is 0 Å². The summed E-state index contributed by atoms with van der Waals surface area (Å²) in [5.74, 6) is -0.978. The summed E-state index contributed by atoms with van der Waals surface area (Å²) in [6.07, 6.45) is 0.598. The Bertz CT molecular complexity index is 594. The predicted molar refractivity (Wildman–Crippen MR) is 76.3 cm³/mol. The van der Waals surface area contributed by atoms with E-state index in [2.05, 4.69) is 5.10 Å². The first kappa shape index (κ1) is 13.6. The van der Waals surface area contributed by atoms with Crippen LogP contribution in [-0.2, 0) is 14.3 Å². The fourth-order valence-electron chi connectivity index (χ4n) is 2.31. The molecule has 0 N–H and O–H groups in total. The molecule has 0 spiro atoms. The van der Waals surface area contributed by atoms with Crippen LogP contribution in [0.5, 0.6) is 0 Å². The minimum Gasteiger partial charge on any atom is -0.463 e. The van der Waals surface area contributed by atoms with Gasteiger partial charge in [0.25, 0.3) is 0 Å². The van der Waals surface area contributed by atoms with Gasteiger partial charge in [-0.2, -0.15) is 5.10 Å². The Morgan fingerprint density at radius 2 is 2.14 bits per heavy atom. The van der Waals surface area contributed by atoms with E-state index in [-0.39, 0.29) is 0 Å². The first-order valence-corrected chi connectivity index (χ1v) is 6.93. The van der Waals surface area contributed by atoms with E-state index >= 15 is 0 Å². The second-order valence-corrected chi connectivity index (χ2v) is 5.11. The monoisotopic (exact) mass is 288 g/mol. The molecule has 0 aromatic heterocycles. The Kier molecular flexibility index (Phi) is 3.60. The van der Waals surface area contributed by atoms with Crippen LogP contribution >= 0.6 is 0 Å². The van der Waals surface area contributed by atoms with Crippen molar-refractivity contribution >= 4 is 23.3 Å². The topological polar surface area (TPSA) is 68.2 Å². The molecule has 2 aliphatic heterocycles. The van der Waals surface area contributed by atoms with Crippen molar-refractivity contribution in [1.29, 1.82) is 0 Å². The zero-order valence-electron chi connectivity index (χ0n) is 11.7. The number of nitrogens with zero attached hydrogens (tertiary/aromatic N) is 2. The summed E-state index contributed by atoms with van der Waals surface area (Å²) in [5.41, 5.74) is 2.44. The number of esters is 2. The molecule has 1 saturated heterocycles. The third-order valence-electron chi connectivity index (χ3n) is 3.51. The van der Waals surface area contributed by atoms with Crippen LogP contribution in [-0.4, -0.2) is 36.9 Å². The lowest BCUT2D eigenvalue weighted by Crippen LogP contribution is -2.22. The van der Waals surface area contributed by atoms with Crippen LogP contribution in [0.1, 0.15) is 30.1 Å². The number of ether oxygens (including phenoxy) is 2. The fourth-order valence-corrected chi connectivity index (χ4v) is 2.31. The molecule has 2 aliphatic rings. The number of carbonyl (C=O) groups excluding carboxylic acids is 2. The van der Waals surface area contributed by atoms with Gasteiger partial charge in [0.05, 0.1) is 17.9 Å². The molecule has 1 unspecified atom stereocenters. The lowest BCUT2D eigenvalue weighted by Gasteiger charge is -2.14. The van der Waals surface area contributed by atoms with Gasteiger partial charge in [0.15, 0.2) is 0 Å². The van der Waals surface area contributed by atoms with Crippen molar-refractivity contribution in [3.8, 4) is 0 Å². The predicted octanol–water partition coefficient (Wildman–Crippen LogP) is 1.74. The van der Waals surface area contributed by atoms with Crippen molar-refractivity contribution in [3.63, 3.8) is 0 Å². The molecule has 21 heavy (non-hydrogen) atoms. The second kappa shape index (κ2) is 5.55. The van der Waals surface area contributed by atoms with Crippen LogP contribution in [0.4, 0.5) is 5.69 Å². The molecular formula is C15H16N2O4. The lowest BCUT2D eigenvalue weighted by atomic mass is 10.2. The van der Waals surface area contributed by atoms with Gasteiger partial charge in [0.2, 0.25) is 6.10 Å². The molecule has 6 nitrogen and oxygen atoms in total. The van der Waals surface area contributed by atoms with E-state index in [1.54, 1.807) is 12.1 Å². The third kappa shape index (κ3) is 2.89. The standard InChI is InChI=1S/C15H16N2O4/c1-10-6-8-17(16-10)12-4-2-11(3-5-12)14(18)21-13-7-9-20-15(13)19/h2-5,13H,6-9H2,1H3. The number of hydrogen-bond acceptors (Lipinski definition) is 6. The van der Waals surface area contributed by atoms with Crippen LogP contribution in [0.15, 0.2) is 29.4 Å². The highest BCUT2D eigenvalue weighted by Crippen LogP contribution is 2.21. The summed E-state index contributed by atoms with van der Waals surface area (Å²) in [4.78, 5) is 23.2.